The fourth-order valence-electron chi connectivity index (χ4n) is 3.35. The predicted octanol–water partition coefficient (Wildman–Crippen LogP) is 3.29. The second-order valence-electron chi connectivity index (χ2n) is 6.85. The molecule has 8 heteroatoms. The number of nitrogens with one attached hydrogen (secondary N) is 3. The van der Waals surface area contributed by atoms with Gasteiger partial charge in [-0.3, -0.25) is 4.79 Å². The van der Waals surface area contributed by atoms with Crippen molar-refractivity contribution in [1.82, 2.24) is 10.6 Å². The van der Waals surface area contributed by atoms with Gasteiger partial charge in [0.15, 0.2) is 11.5 Å². The Bertz CT molecular complexity index is 973. The van der Waals surface area contributed by atoms with E-state index in [0.29, 0.717) is 39.8 Å². The van der Waals surface area contributed by atoms with Gasteiger partial charge < -0.3 is 30.2 Å². The fourth-order valence-corrected chi connectivity index (χ4v) is 3.35. The first-order chi connectivity index (χ1) is 14.4. The summed E-state index contributed by atoms with van der Waals surface area (Å²) in [6.07, 6.45) is 0. The van der Waals surface area contributed by atoms with Gasteiger partial charge in [0.2, 0.25) is 5.75 Å². The summed E-state index contributed by atoms with van der Waals surface area (Å²) in [7, 11) is 4.53. The highest BCUT2D eigenvalue weighted by Crippen LogP contribution is 2.41. The van der Waals surface area contributed by atoms with E-state index in [-0.39, 0.29) is 5.91 Å². The van der Waals surface area contributed by atoms with E-state index in [9.17, 15) is 9.59 Å². The zero-order chi connectivity index (χ0) is 21.8. The molecule has 1 heterocycles. The third-order valence-electron chi connectivity index (χ3n) is 4.84. The lowest BCUT2D eigenvalue weighted by molar-refractivity contribution is -0.113. The number of urea groups is 1. The molecular formula is C22H25N3O5. The van der Waals surface area contributed by atoms with E-state index in [1.807, 2.05) is 31.2 Å². The van der Waals surface area contributed by atoms with Crippen molar-refractivity contribution >= 4 is 17.6 Å². The maximum Gasteiger partial charge on any atom is 0.319 e. The average molecular weight is 411 g/mol. The van der Waals surface area contributed by atoms with E-state index in [0.717, 1.165) is 5.56 Å². The summed E-state index contributed by atoms with van der Waals surface area (Å²) in [6.45, 7) is 3.66. The number of aryl methyl sites for hydroxylation is 1. The second kappa shape index (κ2) is 8.77. The fraction of sp³-hybridized carbons (Fsp3) is 0.273. The first-order valence-corrected chi connectivity index (χ1v) is 9.34. The van der Waals surface area contributed by atoms with Crippen LogP contribution in [0, 0.1) is 6.92 Å². The smallest absolute Gasteiger partial charge is 0.319 e. The zero-order valence-corrected chi connectivity index (χ0v) is 17.6. The number of ether oxygens (including phenoxy) is 3. The minimum atomic E-state index is -0.710. The molecule has 3 N–H and O–H groups in total. The monoisotopic (exact) mass is 411 g/mol. The second-order valence-corrected chi connectivity index (χ2v) is 6.85. The Morgan fingerprint density at radius 1 is 0.967 bits per heavy atom. The van der Waals surface area contributed by atoms with Crippen LogP contribution in [-0.2, 0) is 4.79 Å². The SMILES string of the molecule is COc1cc(C2NC(=O)NC(C)=C2C(=O)Nc2ccc(C)cc2)cc(OC)c1OC. The van der Waals surface area contributed by atoms with Gasteiger partial charge in [-0.15, -0.1) is 0 Å². The summed E-state index contributed by atoms with van der Waals surface area (Å²) in [5, 5.41) is 8.36. The van der Waals surface area contributed by atoms with Gasteiger partial charge in [0.05, 0.1) is 32.9 Å². The highest BCUT2D eigenvalue weighted by Gasteiger charge is 2.32. The minimum Gasteiger partial charge on any atom is -0.493 e. The number of carbonyl (C=O) groups is 2. The summed E-state index contributed by atoms with van der Waals surface area (Å²) in [5.41, 5.74) is 3.20. The molecule has 0 aromatic heterocycles. The molecule has 1 aliphatic rings. The van der Waals surface area contributed by atoms with Gasteiger partial charge in [-0.05, 0) is 43.7 Å². The van der Waals surface area contributed by atoms with Gasteiger partial charge in [-0.1, -0.05) is 17.7 Å². The Balaban J connectivity index is 2.03. The Morgan fingerprint density at radius 3 is 2.10 bits per heavy atom. The van der Waals surface area contributed by atoms with Gasteiger partial charge >= 0.3 is 6.03 Å². The molecule has 1 unspecified atom stereocenters. The molecule has 1 atom stereocenters. The van der Waals surface area contributed by atoms with Crippen LogP contribution in [-0.4, -0.2) is 33.3 Å². The molecule has 30 heavy (non-hydrogen) atoms. The third kappa shape index (κ3) is 4.17. The summed E-state index contributed by atoms with van der Waals surface area (Å²) in [5.74, 6) is 0.948. The quantitative estimate of drug-likeness (QED) is 0.678. The van der Waals surface area contributed by atoms with Crippen LogP contribution in [0.15, 0.2) is 47.7 Å². The van der Waals surface area contributed by atoms with Gasteiger partial charge in [-0.2, -0.15) is 0 Å². The lowest BCUT2D eigenvalue weighted by atomic mass is 9.94. The molecule has 8 nitrogen and oxygen atoms in total. The van der Waals surface area contributed by atoms with Crippen molar-refractivity contribution in [2.75, 3.05) is 26.6 Å². The lowest BCUT2D eigenvalue weighted by Crippen LogP contribution is -2.46. The molecular weight excluding hydrogens is 386 g/mol. The highest BCUT2D eigenvalue weighted by atomic mass is 16.5. The standard InChI is InChI=1S/C22H25N3O5/c1-12-6-8-15(9-7-12)24-21(26)18-13(2)23-22(27)25-19(18)14-10-16(28-3)20(30-5)17(11-14)29-4/h6-11,19H,1-5H3,(H,24,26)(H2,23,25,27). The van der Waals surface area contributed by atoms with Gasteiger partial charge in [-0.25, -0.2) is 4.79 Å². The Kier molecular flexibility index (Phi) is 6.15. The van der Waals surface area contributed by atoms with Crippen LogP contribution in [0.1, 0.15) is 24.1 Å². The van der Waals surface area contributed by atoms with Crippen LogP contribution < -0.4 is 30.2 Å². The molecule has 0 saturated heterocycles. The summed E-state index contributed by atoms with van der Waals surface area (Å²) in [6, 6.07) is 9.78. The predicted molar refractivity (Wildman–Crippen MR) is 113 cm³/mol. The number of benzene rings is 2. The minimum absolute atomic E-state index is 0.331. The molecule has 0 saturated carbocycles. The number of rotatable bonds is 6. The molecule has 1 aliphatic heterocycles. The van der Waals surface area contributed by atoms with Gasteiger partial charge in [0.1, 0.15) is 0 Å². The highest BCUT2D eigenvalue weighted by molar-refractivity contribution is 6.06. The molecule has 2 aromatic carbocycles. The van der Waals surface area contributed by atoms with E-state index in [2.05, 4.69) is 16.0 Å². The summed E-state index contributed by atoms with van der Waals surface area (Å²) in [4.78, 5) is 25.3. The molecule has 0 spiro atoms. The number of methoxy groups -OCH3 is 3. The van der Waals surface area contributed by atoms with E-state index >= 15 is 0 Å². The van der Waals surface area contributed by atoms with Crippen LogP contribution in [0.25, 0.3) is 0 Å². The van der Waals surface area contributed by atoms with Crippen molar-refractivity contribution in [3.8, 4) is 17.2 Å². The van der Waals surface area contributed by atoms with Crippen molar-refractivity contribution in [2.45, 2.75) is 19.9 Å². The van der Waals surface area contributed by atoms with Crippen molar-refractivity contribution in [3.05, 3.63) is 58.8 Å². The Morgan fingerprint density at radius 2 is 1.57 bits per heavy atom. The molecule has 0 radical (unpaired) electrons. The van der Waals surface area contributed by atoms with Crippen LogP contribution in [0.2, 0.25) is 0 Å². The molecule has 0 bridgehead atoms. The molecule has 0 aliphatic carbocycles. The number of allylic oxidation sites excluding steroid dienone is 1. The Hall–Kier alpha value is -3.68. The Labute approximate surface area is 175 Å². The molecule has 158 valence electrons. The number of carbonyl (C=O) groups excluding carboxylic acids is 2. The van der Waals surface area contributed by atoms with Crippen LogP contribution >= 0.6 is 0 Å². The zero-order valence-electron chi connectivity index (χ0n) is 17.6. The topological polar surface area (TPSA) is 97.9 Å². The van der Waals surface area contributed by atoms with Gasteiger partial charge in [0, 0.05) is 11.4 Å². The van der Waals surface area contributed by atoms with Crippen LogP contribution in [0.4, 0.5) is 10.5 Å². The third-order valence-corrected chi connectivity index (χ3v) is 4.84. The van der Waals surface area contributed by atoms with E-state index in [4.69, 9.17) is 14.2 Å². The van der Waals surface area contributed by atoms with Crippen molar-refractivity contribution in [1.29, 1.82) is 0 Å². The molecule has 3 rings (SSSR count). The van der Waals surface area contributed by atoms with Crippen molar-refractivity contribution in [3.63, 3.8) is 0 Å². The molecule has 2 aromatic rings. The first-order valence-electron chi connectivity index (χ1n) is 9.34. The van der Waals surface area contributed by atoms with Gasteiger partial charge in [0.25, 0.3) is 5.91 Å². The van der Waals surface area contributed by atoms with Crippen molar-refractivity contribution in [2.24, 2.45) is 0 Å². The van der Waals surface area contributed by atoms with E-state index in [1.165, 1.54) is 21.3 Å². The summed E-state index contributed by atoms with van der Waals surface area (Å²) < 4.78 is 16.2. The van der Waals surface area contributed by atoms with E-state index in [1.54, 1.807) is 19.1 Å². The van der Waals surface area contributed by atoms with E-state index < -0.39 is 12.1 Å². The number of anilines is 1. The largest absolute Gasteiger partial charge is 0.493 e. The maximum absolute atomic E-state index is 13.1. The lowest BCUT2D eigenvalue weighted by Gasteiger charge is -2.29. The maximum atomic E-state index is 13.1. The number of amides is 3. The van der Waals surface area contributed by atoms with Crippen LogP contribution in [0.5, 0.6) is 17.2 Å². The number of hydrogen-bond donors (Lipinski definition) is 3. The van der Waals surface area contributed by atoms with Crippen LogP contribution in [0.3, 0.4) is 0 Å². The molecule has 0 fully saturated rings. The first kappa shape index (κ1) is 21.0. The summed E-state index contributed by atoms with van der Waals surface area (Å²) >= 11 is 0. The number of hydrogen-bond acceptors (Lipinski definition) is 5. The normalized spacial score (nSPS) is 15.8. The molecule has 3 amide bonds. The van der Waals surface area contributed by atoms with Crippen molar-refractivity contribution < 1.29 is 23.8 Å². The average Bonchev–Trinajstić information content (AvgIpc) is 2.73.